The molecule has 2 fully saturated rings. The van der Waals surface area contributed by atoms with Crippen LogP contribution < -0.4 is 33.2 Å². The summed E-state index contributed by atoms with van der Waals surface area (Å²) < 4.78 is 50.6. The Balaban J connectivity index is 1.19. The Bertz CT molecular complexity index is 3210. The summed E-state index contributed by atoms with van der Waals surface area (Å²) in [5.41, 5.74) is 5.05. The number of carbonyl (C=O) groups is 3. The van der Waals surface area contributed by atoms with Crippen molar-refractivity contribution in [1.82, 2.24) is 19.7 Å². The second-order valence-corrected chi connectivity index (χ2v) is 20.3. The Hall–Kier alpha value is -7.26. The molecule has 12 rings (SSSR count). The lowest BCUT2D eigenvalue weighted by Crippen LogP contribution is -2.69. The molecule has 4 aromatic carbocycles. The van der Waals surface area contributed by atoms with Crippen molar-refractivity contribution in [2.75, 3.05) is 60.2 Å². The van der Waals surface area contributed by atoms with Crippen molar-refractivity contribution in [3.8, 4) is 46.3 Å². The van der Waals surface area contributed by atoms with Crippen LogP contribution in [-0.4, -0.2) is 116 Å². The number of hydrogen-bond acceptors (Lipinski definition) is 16. The maximum Gasteiger partial charge on any atom is 0.337 e. The maximum atomic E-state index is 16.1. The van der Waals surface area contributed by atoms with E-state index in [4.69, 9.17) is 37.9 Å². The number of likely N-dealkylation sites (N-methyl/N-ethyl adjacent to an activating group) is 1. The minimum absolute atomic E-state index is 0.0747. The summed E-state index contributed by atoms with van der Waals surface area (Å²) in [5, 5.41) is 11.6. The molecule has 16 nitrogen and oxygen atoms in total. The summed E-state index contributed by atoms with van der Waals surface area (Å²) in [6, 6.07) is 14.8. The van der Waals surface area contributed by atoms with Crippen molar-refractivity contribution in [2.24, 2.45) is 0 Å². The highest BCUT2D eigenvalue weighted by molar-refractivity contribution is 7.99. The molecule has 376 valence electrons. The van der Waals surface area contributed by atoms with E-state index in [-0.39, 0.29) is 45.0 Å². The van der Waals surface area contributed by atoms with Crippen molar-refractivity contribution in [3.05, 3.63) is 130 Å². The van der Waals surface area contributed by atoms with Crippen LogP contribution in [0.1, 0.15) is 79.1 Å². The second-order valence-electron chi connectivity index (χ2n) is 19.2. The quantitative estimate of drug-likeness (QED) is 0.0753. The smallest absolute Gasteiger partial charge is 0.337 e. The van der Waals surface area contributed by atoms with Crippen LogP contribution in [0.15, 0.2) is 80.0 Å². The molecule has 0 N–H and O–H groups in total. The average Bonchev–Trinajstić information content (AvgIpc) is 3.89. The fourth-order valence-electron chi connectivity index (χ4n) is 12.4. The number of ether oxygens (including phenoxy) is 8. The van der Waals surface area contributed by atoms with Gasteiger partial charge in [0.05, 0.1) is 48.7 Å². The molecular weight excluding hydrogens is 951 g/mol. The number of rotatable bonds is 10. The molecule has 7 aliphatic heterocycles. The third-order valence-corrected chi connectivity index (χ3v) is 16.9. The number of esters is 2. The molecule has 0 saturated carbocycles. The summed E-state index contributed by atoms with van der Waals surface area (Å²) in [7, 11) is 5.19. The van der Waals surface area contributed by atoms with E-state index in [2.05, 4.69) is 40.1 Å². The topological polar surface area (TPSA) is 171 Å². The Labute approximate surface area is 427 Å². The van der Waals surface area contributed by atoms with E-state index in [9.17, 15) is 10.1 Å². The molecule has 8 heterocycles. The van der Waals surface area contributed by atoms with E-state index < -0.39 is 52.8 Å². The maximum absolute atomic E-state index is 16.1. The van der Waals surface area contributed by atoms with Crippen molar-refractivity contribution in [2.45, 2.75) is 74.6 Å². The zero-order valence-corrected chi connectivity index (χ0v) is 42.3. The van der Waals surface area contributed by atoms with Gasteiger partial charge in [0.2, 0.25) is 6.79 Å². The fourth-order valence-corrected chi connectivity index (χ4v) is 14.2. The van der Waals surface area contributed by atoms with E-state index in [1.54, 1.807) is 42.5 Å². The molecule has 1 amide bonds. The Morgan fingerprint density at radius 2 is 1.73 bits per heavy atom. The highest BCUT2D eigenvalue weighted by atomic mass is 32.2. The van der Waals surface area contributed by atoms with Crippen LogP contribution in [0.4, 0.5) is 0 Å². The van der Waals surface area contributed by atoms with Crippen LogP contribution in [0.25, 0.3) is 10.9 Å². The SMILES string of the molecule is C=CCOc1cc2c(cc1OC)[C@@]1(CS[C@@H]3c4c(OC(C)=O)c(C)c5c(c4[C@H](COC1=O)N1[C@@H]3[C@@H]3c4c(cc(C)c(OC)c4OCC=C)C[C@@H]([C@@H]1C#N)N3C)OCO5)N(C(=O)c1cnc3ccccc3c1)CC2. The lowest BCUT2D eigenvalue weighted by atomic mass is 9.71. The number of aryl methyl sites for hydroxylation is 1. The number of aromatic nitrogens is 1. The summed E-state index contributed by atoms with van der Waals surface area (Å²) >= 11 is 1.43. The number of nitrogens with zero attached hydrogens (tertiary/aromatic N) is 5. The summed E-state index contributed by atoms with van der Waals surface area (Å²) in [4.78, 5) is 55.8. The van der Waals surface area contributed by atoms with Gasteiger partial charge in [-0.3, -0.25) is 24.4 Å². The molecule has 17 heteroatoms. The number of piperazine rings is 1. The number of methoxy groups -OCH3 is 2. The van der Waals surface area contributed by atoms with E-state index >= 15 is 9.59 Å². The van der Waals surface area contributed by atoms with Crippen LogP contribution in [0.2, 0.25) is 0 Å². The molecule has 0 aliphatic carbocycles. The Morgan fingerprint density at radius 1 is 0.945 bits per heavy atom. The van der Waals surface area contributed by atoms with E-state index in [0.717, 1.165) is 27.6 Å². The highest BCUT2D eigenvalue weighted by Crippen LogP contribution is 2.65. The molecule has 0 radical (unpaired) electrons. The van der Waals surface area contributed by atoms with Crippen LogP contribution in [-0.2, 0) is 32.7 Å². The molecule has 4 bridgehead atoms. The fraction of sp³-hybridized carbons (Fsp3) is 0.375. The number of thioether (sulfide) groups is 1. The molecule has 7 atom stereocenters. The van der Waals surface area contributed by atoms with E-state index in [1.807, 2.05) is 51.2 Å². The van der Waals surface area contributed by atoms with E-state index in [0.29, 0.717) is 86.4 Å². The van der Waals surface area contributed by atoms with Gasteiger partial charge >= 0.3 is 11.9 Å². The molecule has 73 heavy (non-hydrogen) atoms. The number of fused-ring (bicyclic) bond motifs is 10. The molecule has 1 spiro atoms. The Kier molecular flexibility index (Phi) is 12.3. The van der Waals surface area contributed by atoms with Gasteiger partial charge in [0.1, 0.15) is 31.6 Å². The van der Waals surface area contributed by atoms with E-state index in [1.165, 1.54) is 25.8 Å². The third-order valence-electron chi connectivity index (χ3n) is 15.4. The first-order valence-electron chi connectivity index (χ1n) is 24.3. The molecule has 5 aromatic rings. The number of hydrogen-bond donors (Lipinski definition) is 0. The number of pyridine rings is 1. The van der Waals surface area contributed by atoms with Gasteiger partial charge < -0.3 is 42.8 Å². The summed E-state index contributed by atoms with van der Waals surface area (Å²) in [6.07, 6.45) is 5.74. The first-order chi connectivity index (χ1) is 35.4. The molecule has 2 saturated heterocycles. The lowest BCUT2D eigenvalue weighted by molar-refractivity contribution is -0.162. The summed E-state index contributed by atoms with van der Waals surface area (Å²) in [6.45, 7) is 13.1. The van der Waals surface area contributed by atoms with Gasteiger partial charge in [0.25, 0.3) is 5.91 Å². The molecule has 1 aromatic heterocycles. The predicted octanol–water partition coefficient (Wildman–Crippen LogP) is 7.81. The number of nitriles is 1. The first-order valence-corrected chi connectivity index (χ1v) is 25.3. The lowest BCUT2D eigenvalue weighted by Gasteiger charge is -2.62. The molecule has 7 aliphatic rings. The number of amides is 1. The minimum Gasteiger partial charge on any atom is -0.493 e. The van der Waals surface area contributed by atoms with Crippen molar-refractivity contribution in [3.63, 3.8) is 0 Å². The number of carbonyl (C=O) groups excluding carboxylic acids is 3. The van der Waals surface area contributed by atoms with Gasteiger partial charge in [-0.25, -0.2) is 4.79 Å². The van der Waals surface area contributed by atoms with Crippen molar-refractivity contribution in [1.29, 1.82) is 5.26 Å². The van der Waals surface area contributed by atoms with Crippen molar-refractivity contribution >= 4 is 40.5 Å². The highest BCUT2D eigenvalue weighted by Gasteiger charge is 2.63. The predicted molar refractivity (Wildman–Crippen MR) is 271 cm³/mol. The standard InChI is InChI=1S/C56H55N5O11S/c1-9-17-67-42-22-32-15-16-60(54(63)35-20-33-13-11-12-14-37(33)58-25-35)56(36(32)23-41(42)65-7)27-73-53-45-44(52-50(70-28-71-52)30(4)49(45)72-31(5)62)40(26-69-55(56)64)61-39(24-57)38-21-34-19-29(3)48(66-8)51(68-18-10-2)43(34)46(47(53)61)59(38)6/h9-14,19-20,22-23,25,38-40,46-47,53H,1-2,15-18,21,26-28H2,3-8H3/t38-,39-,40-,46-,47+,53+,56+/m0/s1. The first kappa shape index (κ1) is 48.0. The minimum atomic E-state index is -1.80. The monoisotopic (exact) mass is 1010 g/mol. The number of benzene rings is 4. The zero-order valence-electron chi connectivity index (χ0n) is 41.5. The van der Waals surface area contributed by atoms with Crippen LogP contribution >= 0.6 is 11.8 Å². The third kappa shape index (κ3) is 7.31. The zero-order chi connectivity index (χ0) is 51.0. The Morgan fingerprint density at radius 3 is 2.48 bits per heavy atom. The second kappa shape index (κ2) is 18.7. The van der Waals surface area contributed by atoms with Gasteiger partial charge in [-0.1, -0.05) is 49.6 Å². The van der Waals surface area contributed by atoms with Gasteiger partial charge in [-0.2, -0.15) is 5.26 Å². The van der Waals surface area contributed by atoms with Gasteiger partial charge in [-0.15, -0.1) is 11.8 Å². The van der Waals surface area contributed by atoms with Gasteiger partial charge in [0, 0.05) is 65.1 Å². The van der Waals surface area contributed by atoms with Crippen molar-refractivity contribution < 1.29 is 52.3 Å². The van der Waals surface area contributed by atoms with Gasteiger partial charge in [0.15, 0.2) is 40.0 Å². The summed E-state index contributed by atoms with van der Waals surface area (Å²) in [5.74, 6) is 1.34. The van der Waals surface area contributed by atoms with Crippen LogP contribution in [0, 0.1) is 25.2 Å². The average molecular weight is 1010 g/mol. The number of para-hydroxylation sites is 1. The van der Waals surface area contributed by atoms with Crippen LogP contribution in [0.3, 0.4) is 0 Å². The largest absolute Gasteiger partial charge is 0.493 e. The van der Waals surface area contributed by atoms with Crippen LogP contribution in [0.5, 0.6) is 40.2 Å². The normalized spacial score (nSPS) is 24.5. The molecular formula is C56H55N5O11S. The molecule has 0 unspecified atom stereocenters. The van der Waals surface area contributed by atoms with Gasteiger partial charge in [-0.05, 0) is 80.3 Å².